The third kappa shape index (κ3) is 3.81. The minimum Gasteiger partial charge on any atom is -0.482 e. The second-order valence-electron chi connectivity index (χ2n) is 8.01. The molecule has 0 aromatic heterocycles. The first-order valence-electron chi connectivity index (χ1n) is 10.5. The number of anilines is 1. The molecule has 0 unspecified atom stereocenters. The quantitative estimate of drug-likeness (QED) is 0.823. The molecule has 5 rings (SSSR count). The smallest absolute Gasteiger partial charge is 0.410 e. The van der Waals surface area contributed by atoms with Gasteiger partial charge in [0.05, 0.1) is 12.2 Å². The van der Waals surface area contributed by atoms with Crippen LogP contribution in [0, 0.1) is 0 Å². The van der Waals surface area contributed by atoms with Crippen molar-refractivity contribution in [3.63, 3.8) is 0 Å². The summed E-state index contributed by atoms with van der Waals surface area (Å²) in [5, 5.41) is 2.73. The standard InChI is InChI=1S/C23H23N3O5/c27-21-14-30-19-7-6-16(12-18(19)24-21)22(28)25-10-8-17(9-11-25)26-13-20(31-23(26)29)15-4-2-1-3-5-15/h1-7,12,17,20H,8-11,13-14H2,(H,24,27)/t20-/m0/s1. The lowest BCUT2D eigenvalue weighted by Crippen LogP contribution is -2.47. The highest BCUT2D eigenvalue weighted by Crippen LogP contribution is 2.32. The number of likely N-dealkylation sites (tertiary alicyclic amines) is 1. The number of nitrogens with zero attached hydrogens (tertiary/aromatic N) is 2. The average molecular weight is 421 g/mol. The molecule has 2 saturated heterocycles. The molecule has 0 aliphatic carbocycles. The highest BCUT2D eigenvalue weighted by atomic mass is 16.6. The number of ether oxygens (including phenoxy) is 2. The lowest BCUT2D eigenvalue weighted by atomic mass is 10.0. The van der Waals surface area contributed by atoms with Gasteiger partial charge in [0.1, 0.15) is 11.9 Å². The predicted octanol–water partition coefficient (Wildman–Crippen LogP) is 2.82. The number of hydrogen-bond donors (Lipinski definition) is 1. The van der Waals surface area contributed by atoms with Crippen molar-refractivity contribution in [1.82, 2.24) is 9.80 Å². The third-order valence-electron chi connectivity index (χ3n) is 6.06. The van der Waals surface area contributed by atoms with Crippen LogP contribution in [0.5, 0.6) is 5.75 Å². The van der Waals surface area contributed by atoms with Gasteiger partial charge in [0.25, 0.3) is 11.8 Å². The van der Waals surface area contributed by atoms with E-state index in [-0.39, 0.29) is 36.7 Å². The molecule has 0 radical (unpaired) electrons. The Bertz CT molecular complexity index is 1020. The van der Waals surface area contributed by atoms with Gasteiger partial charge in [0, 0.05) is 24.7 Å². The van der Waals surface area contributed by atoms with Crippen LogP contribution >= 0.6 is 0 Å². The highest BCUT2D eigenvalue weighted by Gasteiger charge is 2.38. The predicted molar refractivity (Wildman–Crippen MR) is 112 cm³/mol. The summed E-state index contributed by atoms with van der Waals surface area (Å²) in [5.41, 5.74) is 2.02. The van der Waals surface area contributed by atoms with Gasteiger partial charge in [-0.2, -0.15) is 0 Å². The second-order valence-corrected chi connectivity index (χ2v) is 8.01. The van der Waals surface area contributed by atoms with Crippen LogP contribution in [0.4, 0.5) is 10.5 Å². The van der Waals surface area contributed by atoms with E-state index < -0.39 is 0 Å². The Morgan fingerprint density at radius 2 is 1.81 bits per heavy atom. The summed E-state index contributed by atoms with van der Waals surface area (Å²) < 4.78 is 10.9. The van der Waals surface area contributed by atoms with Crippen LogP contribution in [0.2, 0.25) is 0 Å². The fourth-order valence-corrected chi connectivity index (χ4v) is 4.40. The Balaban J connectivity index is 1.21. The molecule has 3 amide bonds. The molecular weight excluding hydrogens is 398 g/mol. The second kappa shape index (κ2) is 7.94. The van der Waals surface area contributed by atoms with E-state index in [1.165, 1.54) is 0 Å². The fourth-order valence-electron chi connectivity index (χ4n) is 4.40. The zero-order valence-electron chi connectivity index (χ0n) is 17.0. The summed E-state index contributed by atoms with van der Waals surface area (Å²) in [6, 6.07) is 14.9. The minimum atomic E-state index is -0.288. The molecule has 3 aliphatic rings. The molecule has 8 heteroatoms. The summed E-state index contributed by atoms with van der Waals surface area (Å²) in [5.74, 6) is 0.242. The molecular formula is C23H23N3O5. The molecule has 2 aromatic carbocycles. The number of cyclic esters (lactones) is 1. The van der Waals surface area contributed by atoms with Crippen LogP contribution in [0.1, 0.15) is 34.9 Å². The van der Waals surface area contributed by atoms with Crippen molar-refractivity contribution < 1.29 is 23.9 Å². The van der Waals surface area contributed by atoms with E-state index in [4.69, 9.17) is 9.47 Å². The van der Waals surface area contributed by atoms with Gasteiger partial charge in [-0.05, 0) is 36.6 Å². The van der Waals surface area contributed by atoms with E-state index in [9.17, 15) is 14.4 Å². The topological polar surface area (TPSA) is 88.2 Å². The SMILES string of the molecule is O=C1COc2ccc(C(=O)N3CCC(N4C[C@@H](c5ccccc5)OC4=O)CC3)cc2N1. The van der Waals surface area contributed by atoms with Crippen LogP contribution in [-0.2, 0) is 9.53 Å². The molecule has 1 atom stereocenters. The van der Waals surface area contributed by atoms with Crippen molar-refractivity contribution in [3.05, 3.63) is 59.7 Å². The minimum absolute atomic E-state index is 0.0160. The molecule has 3 heterocycles. The summed E-state index contributed by atoms with van der Waals surface area (Å²) in [4.78, 5) is 40.5. The van der Waals surface area contributed by atoms with Gasteiger partial charge in [-0.3, -0.25) is 9.59 Å². The van der Waals surface area contributed by atoms with Gasteiger partial charge in [-0.15, -0.1) is 0 Å². The first-order valence-corrected chi connectivity index (χ1v) is 10.5. The van der Waals surface area contributed by atoms with Crippen molar-refractivity contribution >= 4 is 23.6 Å². The number of carbonyl (C=O) groups excluding carboxylic acids is 3. The lowest BCUT2D eigenvalue weighted by Gasteiger charge is -2.35. The summed E-state index contributed by atoms with van der Waals surface area (Å²) in [7, 11) is 0. The number of nitrogens with one attached hydrogen (secondary N) is 1. The molecule has 2 fully saturated rings. The van der Waals surface area contributed by atoms with E-state index in [1.54, 1.807) is 28.0 Å². The number of amides is 3. The van der Waals surface area contributed by atoms with E-state index in [0.717, 1.165) is 5.56 Å². The van der Waals surface area contributed by atoms with E-state index in [0.29, 0.717) is 49.5 Å². The molecule has 2 aromatic rings. The van der Waals surface area contributed by atoms with Crippen molar-refractivity contribution in [2.75, 3.05) is 31.6 Å². The van der Waals surface area contributed by atoms with Crippen LogP contribution in [0.15, 0.2) is 48.5 Å². The highest BCUT2D eigenvalue weighted by molar-refractivity contribution is 5.99. The summed E-state index contributed by atoms with van der Waals surface area (Å²) >= 11 is 0. The van der Waals surface area contributed by atoms with Crippen molar-refractivity contribution in [2.24, 2.45) is 0 Å². The van der Waals surface area contributed by atoms with Crippen LogP contribution in [-0.4, -0.2) is 60.0 Å². The lowest BCUT2D eigenvalue weighted by molar-refractivity contribution is -0.118. The summed E-state index contributed by atoms with van der Waals surface area (Å²) in [6.45, 7) is 1.64. The normalized spacial score (nSPS) is 21.2. The number of rotatable bonds is 3. The number of hydrogen-bond acceptors (Lipinski definition) is 5. The van der Waals surface area contributed by atoms with Gasteiger partial charge in [0.15, 0.2) is 6.61 Å². The maximum atomic E-state index is 13.0. The number of fused-ring (bicyclic) bond motifs is 1. The van der Waals surface area contributed by atoms with Crippen LogP contribution < -0.4 is 10.1 Å². The maximum Gasteiger partial charge on any atom is 0.410 e. The zero-order chi connectivity index (χ0) is 21.4. The van der Waals surface area contributed by atoms with Crippen LogP contribution in [0.25, 0.3) is 0 Å². The third-order valence-corrected chi connectivity index (χ3v) is 6.06. The number of carbonyl (C=O) groups is 3. The largest absolute Gasteiger partial charge is 0.482 e. The first-order chi connectivity index (χ1) is 15.1. The van der Waals surface area contributed by atoms with Crippen molar-refractivity contribution in [1.29, 1.82) is 0 Å². The molecule has 8 nitrogen and oxygen atoms in total. The van der Waals surface area contributed by atoms with Crippen molar-refractivity contribution in [3.8, 4) is 5.75 Å². The monoisotopic (exact) mass is 421 g/mol. The molecule has 3 aliphatic heterocycles. The molecule has 31 heavy (non-hydrogen) atoms. The Morgan fingerprint density at radius 1 is 1.03 bits per heavy atom. The number of piperidine rings is 1. The number of benzene rings is 2. The Labute approximate surface area is 179 Å². The molecule has 1 N–H and O–H groups in total. The molecule has 0 saturated carbocycles. The van der Waals surface area contributed by atoms with E-state index >= 15 is 0 Å². The zero-order valence-corrected chi connectivity index (χ0v) is 17.0. The maximum absolute atomic E-state index is 13.0. The first kappa shape index (κ1) is 19.4. The Kier molecular flexibility index (Phi) is 4.97. The van der Waals surface area contributed by atoms with Gasteiger partial charge in [-0.1, -0.05) is 30.3 Å². The van der Waals surface area contributed by atoms with Gasteiger partial charge in [-0.25, -0.2) is 4.79 Å². The van der Waals surface area contributed by atoms with E-state index in [2.05, 4.69) is 5.32 Å². The van der Waals surface area contributed by atoms with Crippen LogP contribution in [0.3, 0.4) is 0 Å². The average Bonchev–Trinajstić information content (AvgIpc) is 3.20. The summed E-state index contributed by atoms with van der Waals surface area (Å²) in [6.07, 6.45) is 0.866. The molecule has 0 spiro atoms. The Morgan fingerprint density at radius 3 is 2.58 bits per heavy atom. The van der Waals surface area contributed by atoms with Gasteiger partial charge < -0.3 is 24.6 Å². The van der Waals surface area contributed by atoms with Crippen molar-refractivity contribution in [2.45, 2.75) is 25.0 Å². The molecule has 0 bridgehead atoms. The van der Waals surface area contributed by atoms with Gasteiger partial charge in [0.2, 0.25) is 0 Å². The Hall–Kier alpha value is -3.55. The van der Waals surface area contributed by atoms with E-state index in [1.807, 2.05) is 30.3 Å². The fraction of sp³-hybridized carbons (Fsp3) is 0.348. The van der Waals surface area contributed by atoms with Gasteiger partial charge >= 0.3 is 6.09 Å². The molecule has 160 valence electrons.